The molecule has 0 spiro atoms. The molecule has 13 heteroatoms. The van der Waals surface area contributed by atoms with E-state index in [-0.39, 0.29) is 31.8 Å². The second-order valence-corrected chi connectivity index (χ2v) is 17.3. The maximum absolute atomic E-state index is 11.8. The lowest BCUT2D eigenvalue weighted by atomic mass is 10.0. The van der Waals surface area contributed by atoms with Gasteiger partial charge in [-0.05, 0) is 54.4 Å². The van der Waals surface area contributed by atoms with E-state index in [0.717, 1.165) is 38.5 Å². The molecule has 42 heavy (non-hydrogen) atoms. The lowest BCUT2D eigenvalue weighted by Gasteiger charge is -2.19. The van der Waals surface area contributed by atoms with Crippen LogP contribution < -0.4 is 0 Å². The quantitative estimate of drug-likeness (QED) is 0.0734. The summed E-state index contributed by atoms with van der Waals surface area (Å²) in [4.78, 5) is 21.9. The highest BCUT2D eigenvalue weighted by molar-refractivity contribution is 8.03. The maximum Gasteiger partial charge on any atom is 0.523 e. The molecule has 2 heterocycles. The highest BCUT2D eigenvalue weighted by atomic mass is 32.2. The lowest BCUT2D eigenvalue weighted by Crippen LogP contribution is -2.27. The Morgan fingerprint density at radius 1 is 0.786 bits per heavy atom. The number of alkyl halides is 3. The van der Waals surface area contributed by atoms with Crippen molar-refractivity contribution in [3.05, 3.63) is 0 Å². The zero-order chi connectivity index (χ0) is 32.7. The second-order valence-electron chi connectivity index (χ2n) is 11.7. The summed E-state index contributed by atoms with van der Waals surface area (Å²) in [6, 6.07) is 0. The van der Waals surface area contributed by atoms with Gasteiger partial charge in [0.2, 0.25) is 0 Å². The molecule has 0 aromatic carbocycles. The second kappa shape index (κ2) is 19.0. The number of carbonyl (C=O) groups is 2. The third kappa shape index (κ3) is 17.0. The number of ether oxygens (including phenoxy) is 2. The molecule has 2 rings (SSSR count). The smallest absolute Gasteiger partial charge is 0.448 e. The third-order valence-electron chi connectivity index (χ3n) is 6.41. The van der Waals surface area contributed by atoms with Crippen molar-refractivity contribution >= 4 is 45.6 Å². The van der Waals surface area contributed by atoms with E-state index in [1.54, 1.807) is 23.5 Å². The number of carbonyl (C=O) groups excluding carboxylic acids is 2. The molecule has 7 nitrogen and oxygen atoms in total. The van der Waals surface area contributed by atoms with Crippen LogP contribution in [-0.4, -0.2) is 52.3 Å². The zero-order valence-electron chi connectivity index (χ0n) is 26.7. The van der Waals surface area contributed by atoms with Crippen LogP contribution in [0.25, 0.3) is 0 Å². The van der Waals surface area contributed by atoms with Gasteiger partial charge in [-0.2, -0.15) is 21.6 Å². The van der Waals surface area contributed by atoms with Gasteiger partial charge in [0.05, 0.1) is 6.61 Å². The molecule has 2 saturated heterocycles. The summed E-state index contributed by atoms with van der Waals surface area (Å²) in [5.74, 6) is -0.119. The fraction of sp³-hybridized carbons (Fsp3) is 0.931. The van der Waals surface area contributed by atoms with Crippen LogP contribution >= 0.6 is 23.5 Å². The standard InChI is InChI=1S/C14H26O2S.C9H17F3O3S.C6H10O2S/c1-5-6-7-8-9-10-11-14(4)12(15)16-13(2,3)17-14;1-2-3-4-5-6-7-8-15-16(13,14)9(10,11)12;1-4-5(7)8-6(2,3)9-4/h5-11H2,1-4H3;2-8H2,1H3;4H,1-3H3. The Bertz CT molecular complexity index is 909. The van der Waals surface area contributed by atoms with Gasteiger partial charge in [-0.25, -0.2) is 0 Å². The Morgan fingerprint density at radius 2 is 1.26 bits per heavy atom. The van der Waals surface area contributed by atoms with Gasteiger partial charge in [0.15, 0.2) is 9.87 Å². The molecule has 0 saturated carbocycles. The average Bonchev–Trinajstić information content (AvgIpc) is 3.21. The number of esters is 2. The van der Waals surface area contributed by atoms with Crippen LogP contribution in [0.3, 0.4) is 0 Å². The van der Waals surface area contributed by atoms with E-state index >= 15 is 0 Å². The molecule has 0 radical (unpaired) electrons. The van der Waals surface area contributed by atoms with Gasteiger partial charge in [-0.1, -0.05) is 96.2 Å². The van der Waals surface area contributed by atoms with E-state index in [1.165, 1.54) is 32.1 Å². The molecular formula is C29H53F3O7S3. The van der Waals surface area contributed by atoms with E-state index in [9.17, 15) is 31.2 Å². The molecule has 0 aliphatic carbocycles. The summed E-state index contributed by atoms with van der Waals surface area (Å²) >= 11 is 3.23. The van der Waals surface area contributed by atoms with Gasteiger partial charge >= 0.3 is 27.6 Å². The normalized spacial score (nSPS) is 22.9. The van der Waals surface area contributed by atoms with Crippen molar-refractivity contribution in [1.82, 2.24) is 0 Å². The molecule has 250 valence electrons. The number of cyclic esters (lactones) is 2. The van der Waals surface area contributed by atoms with Crippen molar-refractivity contribution in [2.45, 2.75) is 164 Å². The predicted molar refractivity (Wildman–Crippen MR) is 166 cm³/mol. The number of halogens is 3. The molecule has 0 bridgehead atoms. The zero-order valence-corrected chi connectivity index (χ0v) is 29.1. The minimum absolute atomic E-state index is 0.0139. The van der Waals surface area contributed by atoms with Crippen molar-refractivity contribution in [3.8, 4) is 0 Å². The first-order chi connectivity index (χ1) is 19.2. The van der Waals surface area contributed by atoms with Crippen LogP contribution in [0, 0.1) is 0 Å². The van der Waals surface area contributed by atoms with Gasteiger partial charge in [-0.3, -0.25) is 13.8 Å². The average molecular weight is 667 g/mol. The fourth-order valence-corrected chi connectivity index (χ4v) is 7.44. The Kier molecular flexibility index (Phi) is 18.7. The Labute approximate surface area is 260 Å². The van der Waals surface area contributed by atoms with E-state index < -0.39 is 22.2 Å². The van der Waals surface area contributed by atoms with Crippen molar-refractivity contribution in [2.75, 3.05) is 6.61 Å². The molecule has 2 aliphatic rings. The Hall–Kier alpha value is -0.660. The first-order valence-corrected chi connectivity index (χ1v) is 18.1. The molecule has 0 amide bonds. The number of rotatable bonds is 15. The first-order valence-electron chi connectivity index (χ1n) is 15.0. The minimum Gasteiger partial charge on any atom is -0.448 e. The van der Waals surface area contributed by atoms with Crippen molar-refractivity contribution in [3.63, 3.8) is 0 Å². The van der Waals surface area contributed by atoms with Gasteiger partial charge in [-0.15, -0.1) is 11.8 Å². The van der Waals surface area contributed by atoms with Crippen LogP contribution in [0.5, 0.6) is 0 Å². The number of thioether (sulfide) groups is 2. The molecular weight excluding hydrogens is 614 g/mol. The first kappa shape index (κ1) is 41.3. The Morgan fingerprint density at radius 3 is 1.62 bits per heavy atom. The monoisotopic (exact) mass is 666 g/mol. The highest BCUT2D eigenvalue weighted by Gasteiger charge is 2.50. The van der Waals surface area contributed by atoms with E-state index in [2.05, 4.69) is 18.0 Å². The van der Waals surface area contributed by atoms with Gasteiger partial charge < -0.3 is 9.47 Å². The molecule has 0 N–H and O–H groups in total. The van der Waals surface area contributed by atoms with Crippen LogP contribution in [0.2, 0.25) is 0 Å². The van der Waals surface area contributed by atoms with Crippen molar-refractivity contribution in [2.24, 2.45) is 0 Å². The van der Waals surface area contributed by atoms with Crippen LogP contribution in [0.15, 0.2) is 0 Å². The Balaban J connectivity index is 0.000000627. The van der Waals surface area contributed by atoms with Crippen molar-refractivity contribution in [1.29, 1.82) is 0 Å². The summed E-state index contributed by atoms with van der Waals surface area (Å²) in [7, 11) is -5.40. The molecule has 2 fully saturated rings. The van der Waals surface area contributed by atoms with Gasteiger partial charge in [0, 0.05) is 0 Å². The predicted octanol–water partition coefficient (Wildman–Crippen LogP) is 9.14. The van der Waals surface area contributed by atoms with E-state index in [4.69, 9.17) is 9.47 Å². The van der Waals surface area contributed by atoms with Crippen molar-refractivity contribution < 1.29 is 44.8 Å². The van der Waals surface area contributed by atoms with E-state index in [0.29, 0.717) is 12.8 Å². The molecule has 2 atom stereocenters. The van der Waals surface area contributed by atoms with Gasteiger partial charge in [0.25, 0.3) is 0 Å². The largest absolute Gasteiger partial charge is 0.523 e. The van der Waals surface area contributed by atoms with Crippen LogP contribution in [0.4, 0.5) is 13.2 Å². The molecule has 2 unspecified atom stereocenters. The van der Waals surface area contributed by atoms with Crippen LogP contribution in [0.1, 0.15) is 139 Å². The summed E-state index contributed by atoms with van der Waals surface area (Å²) in [5.41, 5.74) is -5.31. The number of unbranched alkanes of at least 4 members (excludes halogenated alkanes) is 10. The third-order valence-corrected chi connectivity index (χ3v) is 10.0. The summed E-state index contributed by atoms with van der Waals surface area (Å²) in [6.07, 6.45) is 13.7. The molecule has 0 aromatic heterocycles. The lowest BCUT2D eigenvalue weighted by molar-refractivity contribution is -0.149. The minimum atomic E-state index is -5.40. The molecule has 2 aliphatic heterocycles. The van der Waals surface area contributed by atoms with Crippen LogP contribution in [-0.2, 0) is 33.4 Å². The summed E-state index contributed by atoms with van der Waals surface area (Å²) in [5, 5.41) is 0.0139. The maximum atomic E-state index is 11.8. The molecule has 0 aromatic rings. The highest BCUT2D eigenvalue weighted by Crippen LogP contribution is 2.48. The summed E-state index contributed by atoms with van der Waals surface area (Å²) < 4.78 is 70.2. The SMILES string of the molecule is CC1SC(C)(C)OC1=O.CCCCCCCCC1(C)SC(C)(C)OC1=O.CCCCCCCCOS(=O)(=O)C(F)(F)F. The topological polar surface area (TPSA) is 96.0 Å². The number of hydrogen-bond donors (Lipinski definition) is 0. The summed E-state index contributed by atoms with van der Waals surface area (Å²) in [6.45, 7) is 15.5. The number of hydrogen-bond acceptors (Lipinski definition) is 9. The van der Waals surface area contributed by atoms with Gasteiger partial charge in [0.1, 0.15) is 10.00 Å². The van der Waals surface area contributed by atoms with E-state index in [1.807, 2.05) is 41.5 Å². The fourth-order valence-electron chi connectivity index (χ4n) is 4.27.